The van der Waals surface area contributed by atoms with Crippen LogP contribution in [-0.4, -0.2) is 33.8 Å². The van der Waals surface area contributed by atoms with Crippen molar-refractivity contribution in [1.29, 1.82) is 5.26 Å². The van der Waals surface area contributed by atoms with Crippen LogP contribution < -0.4 is 5.32 Å². The van der Waals surface area contributed by atoms with Crippen molar-refractivity contribution in [3.63, 3.8) is 0 Å². The minimum atomic E-state index is -0.668. The molecule has 2 amide bonds. The molecule has 1 aliphatic heterocycles. The fourth-order valence-corrected chi connectivity index (χ4v) is 5.33. The van der Waals surface area contributed by atoms with Crippen LogP contribution in [0.5, 0.6) is 0 Å². The van der Waals surface area contributed by atoms with Gasteiger partial charge in [-0.25, -0.2) is 4.39 Å². The number of nitrogens with zero attached hydrogens (tertiary/aromatic N) is 2. The van der Waals surface area contributed by atoms with Gasteiger partial charge in [0.05, 0.1) is 6.07 Å². The van der Waals surface area contributed by atoms with Gasteiger partial charge >= 0.3 is 0 Å². The monoisotopic (exact) mass is 422 g/mol. The molecule has 1 aromatic carbocycles. The van der Waals surface area contributed by atoms with Gasteiger partial charge in [0, 0.05) is 54.0 Å². The number of nitrogens with one attached hydrogen (secondary N) is 2. The summed E-state index contributed by atoms with van der Waals surface area (Å²) < 4.78 is 13.8. The number of aromatic amines is 1. The van der Waals surface area contributed by atoms with E-state index in [9.17, 15) is 19.2 Å². The molecule has 0 bridgehead atoms. The first-order chi connectivity index (χ1) is 15.0. The summed E-state index contributed by atoms with van der Waals surface area (Å²) in [6.45, 7) is 1.11. The van der Waals surface area contributed by atoms with E-state index in [1.165, 1.54) is 12.1 Å². The number of amides is 2. The molecule has 2 aliphatic carbocycles. The third-order valence-electron chi connectivity index (χ3n) is 7.27. The van der Waals surface area contributed by atoms with Crippen LogP contribution in [0.25, 0.3) is 10.9 Å². The Balaban J connectivity index is 1.30. The van der Waals surface area contributed by atoms with Crippen LogP contribution in [0.15, 0.2) is 18.2 Å². The lowest BCUT2D eigenvalue weighted by atomic mass is 9.76. The number of halogens is 1. The third-order valence-corrected chi connectivity index (χ3v) is 7.27. The lowest BCUT2D eigenvalue weighted by Gasteiger charge is -2.36. The fourth-order valence-electron chi connectivity index (χ4n) is 5.33. The van der Waals surface area contributed by atoms with E-state index in [1.54, 1.807) is 6.07 Å². The Hall–Kier alpha value is -2.88. The van der Waals surface area contributed by atoms with Crippen LogP contribution in [0.4, 0.5) is 4.39 Å². The van der Waals surface area contributed by atoms with Crippen molar-refractivity contribution < 1.29 is 14.0 Å². The molecular formula is C24H27FN4O2. The average molecular weight is 423 g/mol. The Morgan fingerprint density at radius 1 is 1.29 bits per heavy atom. The first-order valence-corrected chi connectivity index (χ1v) is 11.3. The van der Waals surface area contributed by atoms with Crippen LogP contribution >= 0.6 is 0 Å². The molecule has 0 radical (unpaired) electrons. The van der Waals surface area contributed by atoms with Crippen LogP contribution in [0.1, 0.15) is 56.2 Å². The molecule has 5 rings (SSSR count). The maximum absolute atomic E-state index is 13.8. The molecule has 1 aromatic heterocycles. The van der Waals surface area contributed by atoms with Crippen molar-refractivity contribution in [2.24, 2.45) is 11.8 Å². The van der Waals surface area contributed by atoms with Gasteiger partial charge in [-0.05, 0) is 49.8 Å². The Labute approximate surface area is 180 Å². The van der Waals surface area contributed by atoms with Crippen LogP contribution in [0.3, 0.4) is 0 Å². The molecule has 2 saturated carbocycles. The van der Waals surface area contributed by atoms with Gasteiger partial charge in [-0.15, -0.1) is 0 Å². The highest BCUT2D eigenvalue weighted by Crippen LogP contribution is 2.38. The summed E-state index contributed by atoms with van der Waals surface area (Å²) in [5.74, 6) is -0.438. The van der Waals surface area contributed by atoms with Gasteiger partial charge in [0.2, 0.25) is 11.8 Å². The second-order valence-corrected chi connectivity index (χ2v) is 9.38. The molecule has 7 heteroatoms. The fraction of sp³-hybridized carbons (Fsp3) is 0.542. The lowest BCUT2D eigenvalue weighted by molar-refractivity contribution is -0.140. The average Bonchev–Trinajstić information content (AvgIpc) is 3.45. The minimum Gasteiger partial charge on any atom is -0.358 e. The van der Waals surface area contributed by atoms with Gasteiger partial charge in [0.15, 0.2) is 0 Å². The number of carbonyl (C=O) groups is 2. The summed E-state index contributed by atoms with van der Waals surface area (Å²) in [6.07, 6.45) is 6.13. The summed E-state index contributed by atoms with van der Waals surface area (Å²) >= 11 is 0. The van der Waals surface area contributed by atoms with E-state index in [4.69, 9.17) is 0 Å². The zero-order valence-corrected chi connectivity index (χ0v) is 17.5. The van der Waals surface area contributed by atoms with Crippen molar-refractivity contribution in [2.75, 3.05) is 6.54 Å². The molecule has 3 aliphatic rings. The summed E-state index contributed by atoms with van der Waals surface area (Å²) in [6, 6.07) is 6.93. The first-order valence-electron chi connectivity index (χ1n) is 11.3. The van der Waals surface area contributed by atoms with Gasteiger partial charge < -0.3 is 15.2 Å². The number of benzene rings is 1. The van der Waals surface area contributed by atoms with Crippen molar-refractivity contribution >= 4 is 22.7 Å². The number of rotatable bonds is 4. The SMILES string of the molecule is N#CC1(NC(=O)C[C@H]2CCCC[C@H]2C(=O)N2CCc3[nH]c4ccc(F)cc4c3C2)CC1. The zero-order valence-electron chi connectivity index (χ0n) is 17.5. The number of aromatic nitrogens is 1. The number of hydrogen-bond donors (Lipinski definition) is 2. The first kappa shape index (κ1) is 20.0. The standard InChI is InChI=1S/C24H27FN4O2/c25-16-5-6-20-18(12-16)19-13-29(10-7-21(19)27-20)23(31)17-4-2-1-3-15(17)11-22(30)28-24(14-26)8-9-24/h5-6,12,15,17,27H,1-4,7-11,13H2,(H,28,30)/t15-,17-/m1/s1. The third kappa shape index (κ3) is 3.80. The smallest absolute Gasteiger partial charge is 0.226 e. The molecule has 6 nitrogen and oxygen atoms in total. The van der Waals surface area contributed by atoms with Gasteiger partial charge in [0.1, 0.15) is 11.4 Å². The van der Waals surface area contributed by atoms with Gasteiger partial charge in [0.25, 0.3) is 0 Å². The zero-order chi connectivity index (χ0) is 21.6. The maximum atomic E-state index is 13.8. The molecule has 2 N–H and O–H groups in total. The largest absolute Gasteiger partial charge is 0.358 e. The van der Waals surface area contributed by atoms with Gasteiger partial charge in [-0.1, -0.05) is 12.8 Å². The van der Waals surface area contributed by atoms with Crippen molar-refractivity contribution in [3.8, 4) is 6.07 Å². The second-order valence-electron chi connectivity index (χ2n) is 9.38. The van der Waals surface area contributed by atoms with E-state index in [-0.39, 0.29) is 29.5 Å². The number of nitriles is 1. The molecule has 2 atom stereocenters. The van der Waals surface area contributed by atoms with Gasteiger partial charge in [-0.3, -0.25) is 9.59 Å². The van der Waals surface area contributed by atoms with E-state index < -0.39 is 5.54 Å². The molecule has 0 spiro atoms. The highest BCUT2D eigenvalue weighted by molar-refractivity contribution is 5.87. The Kier molecular flexibility index (Phi) is 4.96. The van der Waals surface area contributed by atoms with Crippen LogP contribution in [-0.2, 0) is 22.6 Å². The topological polar surface area (TPSA) is 89.0 Å². The van der Waals surface area contributed by atoms with E-state index in [0.717, 1.165) is 54.3 Å². The Morgan fingerprint density at radius 2 is 2.10 bits per heavy atom. The quantitative estimate of drug-likeness (QED) is 0.790. The van der Waals surface area contributed by atoms with Crippen molar-refractivity contribution in [1.82, 2.24) is 15.2 Å². The number of H-pyrrole nitrogens is 1. The summed E-state index contributed by atoms with van der Waals surface area (Å²) in [7, 11) is 0. The summed E-state index contributed by atoms with van der Waals surface area (Å²) in [4.78, 5) is 31.3. The van der Waals surface area contributed by atoms with E-state index in [2.05, 4.69) is 16.4 Å². The van der Waals surface area contributed by atoms with E-state index in [1.807, 2.05) is 4.90 Å². The second kappa shape index (κ2) is 7.67. The number of carbonyl (C=O) groups excluding carboxylic acids is 2. The van der Waals surface area contributed by atoms with Crippen molar-refractivity contribution in [2.45, 2.75) is 63.5 Å². The highest BCUT2D eigenvalue weighted by atomic mass is 19.1. The predicted octanol–water partition coefficient (Wildman–Crippen LogP) is 3.56. The Bertz CT molecular complexity index is 1080. The molecular weight excluding hydrogens is 395 g/mol. The molecule has 162 valence electrons. The van der Waals surface area contributed by atoms with E-state index in [0.29, 0.717) is 32.4 Å². The van der Waals surface area contributed by atoms with Crippen LogP contribution in [0, 0.1) is 29.0 Å². The lowest BCUT2D eigenvalue weighted by Crippen LogP contribution is -2.44. The molecule has 2 fully saturated rings. The van der Waals surface area contributed by atoms with Gasteiger partial charge in [-0.2, -0.15) is 5.26 Å². The Morgan fingerprint density at radius 3 is 2.87 bits per heavy atom. The number of hydrogen-bond acceptors (Lipinski definition) is 3. The number of fused-ring (bicyclic) bond motifs is 3. The molecule has 0 unspecified atom stereocenters. The molecule has 2 heterocycles. The van der Waals surface area contributed by atoms with Crippen LogP contribution in [0.2, 0.25) is 0 Å². The molecule has 0 saturated heterocycles. The predicted molar refractivity (Wildman–Crippen MR) is 113 cm³/mol. The van der Waals surface area contributed by atoms with Crippen molar-refractivity contribution in [3.05, 3.63) is 35.3 Å². The summed E-state index contributed by atoms with van der Waals surface area (Å²) in [5, 5.41) is 12.9. The van der Waals surface area contributed by atoms with E-state index >= 15 is 0 Å². The minimum absolute atomic E-state index is 0.0116. The normalized spacial score (nSPS) is 24.3. The summed E-state index contributed by atoms with van der Waals surface area (Å²) in [5.41, 5.74) is 2.32. The maximum Gasteiger partial charge on any atom is 0.226 e. The molecule has 2 aromatic rings. The highest BCUT2D eigenvalue weighted by Gasteiger charge is 2.45. The molecule has 31 heavy (non-hydrogen) atoms.